The van der Waals surface area contributed by atoms with Gasteiger partial charge in [0.05, 0.1) is 6.10 Å². The van der Waals surface area contributed by atoms with Crippen molar-refractivity contribution in [2.45, 2.75) is 70.1 Å². The lowest BCUT2D eigenvalue weighted by atomic mass is 9.95. The Balaban J connectivity index is 1.63. The lowest BCUT2D eigenvalue weighted by molar-refractivity contribution is -0.300. The number of H-pyrrole nitrogens is 1. The summed E-state index contributed by atoms with van der Waals surface area (Å²) in [5.74, 6) is -3.53. The van der Waals surface area contributed by atoms with E-state index in [0.29, 0.717) is 0 Å². The summed E-state index contributed by atoms with van der Waals surface area (Å²) in [6.07, 6.45) is -2.38. The fraction of sp³-hybridized carbons (Fsp3) is 0.542. The molecule has 40 heavy (non-hydrogen) atoms. The maximum Gasteiger partial charge on any atom is 0.459 e. The number of para-hydroxylation sites is 1. The molecule has 2 fully saturated rings. The number of rotatable bonds is 11. The maximum atomic E-state index is 16.6. The Hall–Kier alpha value is -2.91. The van der Waals surface area contributed by atoms with E-state index in [1.165, 1.54) is 33.1 Å². The van der Waals surface area contributed by atoms with Gasteiger partial charge in [-0.25, -0.2) is 13.8 Å². The van der Waals surface area contributed by atoms with Crippen LogP contribution in [0.1, 0.15) is 33.9 Å². The standard InChI is InChI=1S/C24H31FN3O11P/c1-14(2)35-18(30)15(3)27-40(32,39-16-9-7-6-8-10-16)34-13-24(25)19-23(4,38-22(33-5)36-19)20(37-24)28-12-11-17(29)26-21(28)31/h6-12,14-15,19-20,22H,13H2,1-5H3,(H,27,32)(H,26,29,31)/t15-,19-,20+,22?,23+,24+,40?/m0/s1. The molecule has 220 valence electrons. The number of ether oxygens (including phenoxy) is 5. The van der Waals surface area contributed by atoms with Crippen molar-refractivity contribution in [3.8, 4) is 5.75 Å². The quantitative estimate of drug-likeness (QED) is 0.290. The molecule has 0 saturated carbocycles. The Kier molecular flexibility index (Phi) is 8.66. The predicted octanol–water partition coefficient (Wildman–Crippen LogP) is 1.97. The minimum absolute atomic E-state index is 0.102. The Morgan fingerprint density at radius 1 is 1.20 bits per heavy atom. The number of nitrogens with one attached hydrogen (secondary N) is 2. The zero-order valence-corrected chi connectivity index (χ0v) is 23.3. The minimum Gasteiger partial charge on any atom is -0.462 e. The van der Waals surface area contributed by atoms with Crippen LogP contribution < -0.4 is 20.9 Å². The second-order valence-electron chi connectivity index (χ2n) is 9.63. The summed E-state index contributed by atoms with van der Waals surface area (Å²) in [6, 6.07) is 7.75. The van der Waals surface area contributed by atoms with Gasteiger partial charge in [0, 0.05) is 19.4 Å². The van der Waals surface area contributed by atoms with Crippen molar-refractivity contribution in [1.29, 1.82) is 0 Å². The van der Waals surface area contributed by atoms with Crippen LogP contribution in [0, 0.1) is 0 Å². The summed E-state index contributed by atoms with van der Waals surface area (Å²) < 4.78 is 69.6. The number of fused-ring (bicyclic) bond motifs is 1. The van der Waals surface area contributed by atoms with E-state index >= 15 is 4.39 Å². The first kappa shape index (κ1) is 30.1. The van der Waals surface area contributed by atoms with Gasteiger partial charge in [-0.3, -0.25) is 23.7 Å². The number of hydrogen-bond donors (Lipinski definition) is 2. The predicted molar refractivity (Wildman–Crippen MR) is 135 cm³/mol. The normalized spacial score (nSPS) is 30.0. The second-order valence-corrected chi connectivity index (χ2v) is 11.3. The fourth-order valence-electron chi connectivity index (χ4n) is 4.29. The average molecular weight is 587 g/mol. The summed E-state index contributed by atoms with van der Waals surface area (Å²) >= 11 is 0. The molecule has 4 rings (SSSR count). The Bertz CT molecular complexity index is 1370. The highest BCUT2D eigenvalue weighted by Gasteiger charge is 2.71. The van der Waals surface area contributed by atoms with Crippen LogP contribution in [0.5, 0.6) is 5.75 Å². The SMILES string of the molecule is COC1O[C@H]2[C@@](C)(O1)[C@H](n1ccc(=O)[nH]c1=O)O[C@]2(F)COP(=O)(N[C@@H](C)C(=O)OC(C)C)Oc1ccccc1. The topological polar surface area (TPSA) is 166 Å². The number of carbonyl (C=O) groups excluding carboxylic acids is 1. The third-order valence-corrected chi connectivity index (χ3v) is 7.68. The first-order valence-electron chi connectivity index (χ1n) is 12.3. The van der Waals surface area contributed by atoms with E-state index in [2.05, 4.69) is 10.1 Å². The number of carbonyl (C=O) groups is 1. The summed E-state index contributed by atoms with van der Waals surface area (Å²) in [4.78, 5) is 38.6. The first-order valence-corrected chi connectivity index (χ1v) is 13.8. The zero-order valence-electron chi connectivity index (χ0n) is 22.4. The minimum atomic E-state index is -4.49. The van der Waals surface area contributed by atoms with Gasteiger partial charge in [-0.15, -0.1) is 0 Å². The summed E-state index contributed by atoms with van der Waals surface area (Å²) in [7, 11) is -3.23. The van der Waals surface area contributed by atoms with Gasteiger partial charge in [0.25, 0.3) is 17.9 Å². The highest BCUT2D eigenvalue weighted by Crippen LogP contribution is 2.55. The van der Waals surface area contributed by atoms with Gasteiger partial charge in [0.1, 0.15) is 24.0 Å². The van der Waals surface area contributed by atoms with E-state index in [4.69, 9.17) is 32.7 Å². The third-order valence-electron chi connectivity index (χ3n) is 6.06. The summed E-state index contributed by atoms with van der Waals surface area (Å²) in [5, 5.41) is 2.46. The molecule has 3 heterocycles. The Morgan fingerprint density at radius 3 is 2.52 bits per heavy atom. The molecule has 2 N–H and O–H groups in total. The molecule has 2 aliphatic rings. The van der Waals surface area contributed by atoms with Crippen molar-refractivity contribution in [3.63, 3.8) is 0 Å². The van der Waals surface area contributed by atoms with Crippen LogP contribution in [0.15, 0.2) is 52.2 Å². The number of aromatic amines is 1. The molecule has 14 nitrogen and oxygen atoms in total. The molecule has 16 heteroatoms. The number of esters is 1. The van der Waals surface area contributed by atoms with Crippen LogP contribution >= 0.6 is 7.75 Å². The number of alkyl halides is 1. The monoisotopic (exact) mass is 587 g/mol. The zero-order chi connectivity index (χ0) is 29.3. The maximum absolute atomic E-state index is 16.6. The number of halogens is 1. The van der Waals surface area contributed by atoms with Gasteiger partial charge >= 0.3 is 19.4 Å². The number of nitrogens with zero attached hydrogens (tertiary/aromatic N) is 1. The molecule has 1 aromatic heterocycles. The number of benzene rings is 1. The van der Waals surface area contributed by atoms with Gasteiger partial charge in [0.2, 0.25) is 0 Å². The van der Waals surface area contributed by atoms with E-state index in [1.54, 1.807) is 32.0 Å². The molecule has 2 aliphatic heterocycles. The third kappa shape index (κ3) is 6.20. The smallest absolute Gasteiger partial charge is 0.459 e. The van der Waals surface area contributed by atoms with Crippen molar-refractivity contribution in [2.75, 3.05) is 13.7 Å². The van der Waals surface area contributed by atoms with Crippen molar-refractivity contribution >= 4 is 13.7 Å². The fourth-order valence-corrected chi connectivity index (χ4v) is 5.80. The van der Waals surface area contributed by atoms with Crippen LogP contribution in [0.4, 0.5) is 4.39 Å². The van der Waals surface area contributed by atoms with E-state index in [9.17, 15) is 18.9 Å². The largest absolute Gasteiger partial charge is 0.462 e. The molecular formula is C24H31FN3O11P. The lowest BCUT2D eigenvalue weighted by Crippen LogP contribution is -2.48. The Labute approximate surface area is 228 Å². The van der Waals surface area contributed by atoms with Crippen molar-refractivity contribution in [1.82, 2.24) is 14.6 Å². The lowest BCUT2D eigenvalue weighted by Gasteiger charge is -2.28. The number of hydrogen-bond acceptors (Lipinski definition) is 11. The van der Waals surface area contributed by atoms with Crippen molar-refractivity contribution in [3.05, 3.63) is 63.4 Å². The van der Waals surface area contributed by atoms with Crippen LogP contribution in [-0.4, -0.2) is 65.4 Å². The highest BCUT2D eigenvalue weighted by molar-refractivity contribution is 7.52. The van der Waals surface area contributed by atoms with Crippen LogP contribution in [0.3, 0.4) is 0 Å². The molecule has 7 atom stereocenters. The number of methoxy groups -OCH3 is 1. The number of aromatic nitrogens is 2. The van der Waals surface area contributed by atoms with Gasteiger partial charge < -0.3 is 28.2 Å². The van der Waals surface area contributed by atoms with E-state index in [-0.39, 0.29) is 5.75 Å². The Morgan fingerprint density at radius 2 is 1.90 bits per heavy atom. The molecule has 1 aromatic carbocycles. The molecule has 2 unspecified atom stereocenters. The molecule has 0 bridgehead atoms. The van der Waals surface area contributed by atoms with Crippen LogP contribution in [-0.2, 0) is 37.6 Å². The summed E-state index contributed by atoms with van der Waals surface area (Å²) in [6.45, 7) is 3.67. The highest BCUT2D eigenvalue weighted by atomic mass is 31.2. The van der Waals surface area contributed by atoms with Crippen LogP contribution in [0.25, 0.3) is 0 Å². The van der Waals surface area contributed by atoms with E-state index in [1.807, 2.05) is 0 Å². The molecule has 2 saturated heterocycles. The van der Waals surface area contributed by atoms with Gasteiger partial charge in [-0.1, -0.05) is 18.2 Å². The molecule has 2 aromatic rings. The summed E-state index contributed by atoms with van der Waals surface area (Å²) in [5.41, 5.74) is -3.25. The second kappa shape index (κ2) is 11.5. The molecule has 0 aliphatic carbocycles. The van der Waals surface area contributed by atoms with Crippen molar-refractivity contribution < 1.29 is 46.5 Å². The van der Waals surface area contributed by atoms with Gasteiger partial charge in [-0.2, -0.15) is 5.09 Å². The van der Waals surface area contributed by atoms with Crippen LogP contribution in [0.2, 0.25) is 0 Å². The van der Waals surface area contributed by atoms with Gasteiger partial charge in [0.15, 0.2) is 12.3 Å². The molecule has 0 amide bonds. The molecular weight excluding hydrogens is 556 g/mol. The average Bonchev–Trinajstić information content (AvgIpc) is 3.34. The first-order chi connectivity index (χ1) is 18.8. The van der Waals surface area contributed by atoms with Crippen molar-refractivity contribution in [2.24, 2.45) is 0 Å². The van der Waals surface area contributed by atoms with Gasteiger partial charge in [-0.05, 0) is 39.8 Å². The molecule has 0 spiro atoms. The van der Waals surface area contributed by atoms with E-state index in [0.717, 1.165) is 16.8 Å². The molecule has 0 radical (unpaired) electrons. The van der Waals surface area contributed by atoms with E-state index < -0.39 is 74.0 Å².